The number of hydrogen-bond acceptors (Lipinski definition) is 3. The highest BCUT2D eigenvalue weighted by molar-refractivity contribution is 4.64. The van der Waals surface area contributed by atoms with E-state index in [0.29, 0.717) is 0 Å². The molecule has 0 aromatic carbocycles. The molecule has 2 N–H and O–H groups in total. The van der Waals surface area contributed by atoms with E-state index in [4.69, 9.17) is 9.84 Å². The fourth-order valence-corrected chi connectivity index (χ4v) is 1.74. The van der Waals surface area contributed by atoms with Crippen LogP contribution in [0.3, 0.4) is 0 Å². The molecule has 0 radical (unpaired) electrons. The molecule has 0 aromatic rings. The minimum Gasteiger partial charge on any atom is -0.395 e. The summed E-state index contributed by atoms with van der Waals surface area (Å²) < 4.78 is 5.58. The average Bonchev–Trinajstić information content (AvgIpc) is 2.36. The number of nitrogens with one attached hydrogen (secondary N) is 1. The average molecular weight is 245 g/mol. The third-order valence-electron chi connectivity index (χ3n) is 2.91. The molecule has 0 rings (SSSR count). The summed E-state index contributed by atoms with van der Waals surface area (Å²) in [6, 6.07) is 0.204. The van der Waals surface area contributed by atoms with Crippen molar-refractivity contribution in [2.75, 3.05) is 26.4 Å². The number of hydrogen-bond donors (Lipinski definition) is 2. The van der Waals surface area contributed by atoms with Crippen molar-refractivity contribution >= 4 is 0 Å². The van der Waals surface area contributed by atoms with Crippen molar-refractivity contribution in [3.8, 4) is 0 Å². The molecule has 1 atom stereocenters. The van der Waals surface area contributed by atoms with Gasteiger partial charge in [-0.05, 0) is 25.8 Å². The molecule has 0 bridgehead atoms. The molecule has 0 amide bonds. The summed E-state index contributed by atoms with van der Waals surface area (Å²) in [6.45, 7) is 7.18. The fourth-order valence-electron chi connectivity index (χ4n) is 1.74. The number of ether oxygens (including phenoxy) is 1. The van der Waals surface area contributed by atoms with Crippen molar-refractivity contribution in [3.05, 3.63) is 0 Å². The minimum atomic E-state index is 0.204. The lowest BCUT2D eigenvalue weighted by Gasteiger charge is -2.15. The summed E-state index contributed by atoms with van der Waals surface area (Å²) in [5, 5.41) is 12.4. The number of aliphatic hydroxyl groups is 1. The number of unbranched alkanes of at least 4 members (excludes halogenated alkanes) is 4. The van der Waals surface area contributed by atoms with Crippen molar-refractivity contribution in [2.45, 2.75) is 64.8 Å². The van der Waals surface area contributed by atoms with Crippen LogP contribution in [0.2, 0.25) is 0 Å². The molecule has 3 nitrogen and oxygen atoms in total. The molecule has 0 aliphatic heterocycles. The van der Waals surface area contributed by atoms with E-state index in [0.717, 1.165) is 32.6 Å². The summed E-state index contributed by atoms with van der Waals surface area (Å²) in [7, 11) is 0. The monoisotopic (exact) mass is 245 g/mol. The molecule has 0 aliphatic rings. The van der Waals surface area contributed by atoms with Crippen LogP contribution in [-0.2, 0) is 4.74 Å². The topological polar surface area (TPSA) is 41.5 Å². The zero-order chi connectivity index (χ0) is 12.8. The van der Waals surface area contributed by atoms with E-state index in [9.17, 15) is 0 Å². The Morgan fingerprint density at radius 1 is 1.00 bits per heavy atom. The Morgan fingerprint density at radius 2 is 1.76 bits per heavy atom. The molecule has 0 aromatic heterocycles. The molecule has 17 heavy (non-hydrogen) atoms. The maximum Gasteiger partial charge on any atom is 0.0585 e. The van der Waals surface area contributed by atoms with Crippen LogP contribution in [-0.4, -0.2) is 37.5 Å². The van der Waals surface area contributed by atoms with Gasteiger partial charge in [0.2, 0.25) is 0 Å². The van der Waals surface area contributed by atoms with E-state index in [-0.39, 0.29) is 12.6 Å². The lowest BCUT2D eigenvalue weighted by molar-refractivity contribution is 0.110. The van der Waals surface area contributed by atoms with Gasteiger partial charge in [0.05, 0.1) is 6.61 Å². The Kier molecular flexibility index (Phi) is 13.8. The summed E-state index contributed by atoms with van der Waals surface area (Å²) in [6.07, 6.45) is 8.44. The normalized spacial score (nSPS) is 12.9. The summed E-state index contributed by atoms with van der Waals surface area (Å²) in [5.74, 6) is 0. The second-order valence-electron chi connectivity index (χ2n) is 4.65. The quantitative estimate of drug-likeness (QED) is 0.490. The van der Waals surface area contributed by atoms with Crippen LogP contribution in [0.1, 0.15) is 58.8 Å². The first-order valence-electron chi connectivity index (χ1n) is 7.27. The third-order valence-corrected chi connectivity index (χ3v) is 2.91. The highest BCUT2D eigenvalue weighted by atomic mass is 16.5. The molecule has 0 saturated carbocycles. The maximum atomic E-state index is 9.13. The molecule has 0 aliphatic carbocycles. The van der Waals surface area contributed by atoms with Crippen LogP contribution in [0.25, 0.3) is 0 Å². The Morgan fingerprint density at radius 3 is 2.41 bits per heavy atom. The van der Waals surface area contributed by atoms with Crippen molar-refractivity contribution in [1.29, 1.82) is 0 Å². The van der Waals surface area contributed by atoms with Crippen LogP contribution in [0.15, 0.2) is 0 Å². The first-order valence-corrected chi connectivity index (χ1v) is 7.27. The van der Waals surface area contributed by atoms with Crippen LogP contribution in [0.5, 0.6) is 0 Å². The van der Waals surface area contributed by atoms with E-state index in [1.54, 1.807) is 0 Å². The highest BCUT2D eigenvalue weighted by Crippen LogP contribution is 2.02. The van der Waals surface area contributed by atoms with Gasteiger partial charge in [-0.15, -0.1) is 0 Å². The van der Waals surface area contributed by atoms with Gasteiger partial charge >= 0.3 is 0 Å². The second kappa shape index (κ2) is 13.9. The summed E-state index contributed by atoms with van der Waals surface area (Å²) >= 11 is 0. The van der Waals surface area contributed by atoms with E-state index >= 15 is 0 Å². The maximum absolute atomic E-state index is 9.13. The van der Waals surface area contributed by atoms with Crippen molar-refractivity contribution in [2.24, 2.45) is 0 Å². The van der Waals surface area contributed by atoms with Gasteiger partial charge in [-0.2, -0.15) is 0 Å². The Bertz CT molecular complexity index is 142. The Hall–Kier alpha value is -0.120. The van der Waals surface area contributed by atoms with Crippen LogP contribution in [0, 0.1) is 0 Å². The van der Waals surface area contributed by atoms with Crippen LogP contribution < -0.4 is 5.32 Å². The summed E-state index contributed by atoms with van der Waals surface area (Å²) in [5.41, 5.74) is 0. The lowest BCUT2D eigenvalue weighted by atomic mass is 10.2. The van der Waals surface area contributed by atoms with Gasteiger partial charge in [-0.3, -0.25) is 0 Å². The lowest BCUT2D eigenvalue weighted by Crippen LogP contribution is -2.34. The summed E-state index contributed by atoms with van der Waals surface area (Å²) in [4.78, 5) is 0. The van der Waals surface area contributed by atoms with E-state index in [1.165, 1.54) is 32.1 Å². The Balaban J connectivity index is 3.19. The highest BCUT2D eigenvalue weighted by Gasteiger charge is 2.04. The molecule has 0 fully saturated rings. The Labute approximate surface area is 107 Å². The smallest absolute Gasteiger partial charge is 0.0585 e. The predicted molar refractivity (Wildman–Crippen MR) is 73.4 cm³/mol. The van der Waals surface area contributed by atoms with E-state index in [2.05, 4.69) is 19.2 Å². The molecule has 0 heterocycles. The zero-order valence-electron chi connectivity index (χ0n) is 11.7. The molecular formula is C14H31NO2. The van der Waals surface area contributed by atoms with Gasteiger partial charge in [-0.1, -0.05) is 39.5 Å². The van der Waals surface area contributed by atoms with Crippen molar-refractivity contribution in [1.82, 2.24) is 5.32 Å². The number of rotatable bonds is 13. The SMILES string of the molecule is CCCCCCCOCCC(CO)NCCC. The van der Waals surface area contributed by atoms with Gasteiger partial charge in [0.1, 0.15) is 0 Å². The number of aliphatic hydroxyl groups excluding tert-OH is 1. The van der Waals surface area contributed by atoms with Gasteiger partial charge < -0.3 is 15.2 Å². The van der Waals surface area contributed by atoms with Gasteiger partial charge in [-0.25, -0.2) is 0 Å². The van der Waals surface area contributed by atoms with Gasteiger partial charge in [0, 0.05) is 19.3 Å². The molecule has 1 unspecified atom stereocenters. The van der Waals surface area contributed by atoms with Crippen molar-refractivity contribution in [3.63, 3.8) is 0 Å². The standard InChI is InChI=1S/C14H31NO2/c1-3-5-6-7-8-11-17-12-9-14(13-16)15-10-4-2/h14-16H,3-13H2,1-2H3. The fraction of sp³-hybridized carbons (Fsp3) is 1.00. The molecule has 3 heteroatoms. The predicted octanol–water partition coefficient (Wildman–Crippen LogP) is 2.72. The van der Waals surface area contributed by atoms with Crippen LogP contribution >= 0.6 is 0 Å². The molecule has 0 saturated heterocycles. The molecular weight excluding hydrogens is 214 g/mol. The second-order valence-corrected chi connectivity index (χ2v) is 4.65. The van der Waals surface area contributed by atoms with Crippen LogP contribution in [0.4, 0.5) is 0 Å². The molecule has 0 spiro atoms. The van der Waals surface area contributed by atoms with Gasteiger partial charge in [0.15, 0.2) is 0 Å². The van der Waals surface area contributed by atoms with Crippen molar-refractivity contribution < 1.29 is 9.84 Å². The van der Waals surface area contributed by atoms with Gasteiger partial charge in [0.25, 0.3) is 0 Å². The first kappa shape index (κ1) is 16.9. The van der Waals surface area contributed by atoms with E-state index in [1.807, 2.05) is 0 Å². The van der Waals surface area contributed by atoms with E-state index < -0.39 is 0 Å². The zero-order valence-corrected chi connectivity index (χ0v) is 11.7. The first-order chi connectivity index (χ1) is 8.35. The minimum absolute atomic E-state index is 0.204. The third kappa shape index (κ3) is 12.1. The molecule has 104 valence electrons. The largest absolute Gasteiger partial charge is 0.395 e.